The lowest BCUT2D eigenvalue weighted by Crippen LogP contribution is -2.40. The summed E-state index contributed by atoms with van der Waals surface area (Å²) in [5, 5.41) is 11.7. The average Bonchev–Trinajstić information content (AvgIpc) is 2.59. The Balaban J connectivity index is 2.06. The second-order valence-corrected chi connectivity index (χ2v) is 5.18. The van der Waals surface area contributed by atoms with Crippen molar-refractivity contribution in [3.05, 3.63) is 48.4 Å². The highest BCUT2D eigenvalue weighted by atomic mass is 16.5. The van der Waals surface area contributed by atoms with Gasteiger partial charge in [-0.05, 0) is 24.6 Å². The van der Waals surface area contributed by atoms with Crippen molar-refractivity contribution >= 4 is 11.9 Å². The zero-order valence-electron chi connectivity index (χ0n) is 13.3. The normalized spacial score (nSPS) is 11.5. The lowest BCUT2D eigenvalue weighted by molar-refractivity contribution is -0.139. The predicted octanol–water partition coefficient (Wildman–Crippen LogP) is 2.64. The molecule has 1 amide bonds. The molecular formula is C17H19N3O4. The van der Waals surface area contributed by atoms with E-state index in [1.807, 2.05) is 6.92 Å². The largest absolute Gasteiger partial charge is 0.480 e. The van der Waals surface area contributed by atoms with Gasteiger partial charge in [-0.15, -0.1) is 0 Å². The summed E-state index contributed by atoms with van der Waals surface area (Å²) in [6.07, 6.45) is 6.47. The number of carboxylic acid groups (broad SMARTS) is 1. The minimum atomic E-state index is -1.04. The molecule has 0 aliphatic carbocycles. The lowest BCUT2D eigenvalue weighted by Gasteiger charge is -2.14. The summed E-state index contributed by atoms with van der Waals surface area (Å²) in [7, 11) is 0. The standard InChI is InChI=1S/C17H19N3O4/c1-2-3-7-14(17(22)23)20-16(21)12-5-4-6-13(10-12)24-15-11-18-8-9-19-15/h4-6,8-11,14H,2-3,7H2,1H3,(H,20,21)(H,22,23)/t14-/m0/s1. The van der Waals surface area contributed by atoms with Gasteiger partial charge in [0.25, 0.3) is 5.91 Å². The molecule has 0 saturated carbocycles. The summed E-state index contributed by atoms with van der Waals surface area (Å²) >= 11 is 0. The Kier molecular flexibility index (Phi) is 6.24. The number of carboxylic acids is 1. The van der Waals surface area contributed by atoms with Crippen molar-refractivity contribution in [3.8, 4) is 11.6 Å². The zero-order valence-corrected chi connectivity index (χ0v) is 13.3. The average molecular weight is 329 g/mol. The van der Waals surface area contributed by atoms with E-state index in [9.17, 15) is 14.7 Å². The molecular weight excluding hydrogens is 310 g/mol. The van der Waals surface area contributed by atoms with Crippen LogP contribution in [0.4, 0.5) is 0 Å². The maximum absolute atomic E-state index is 12.3. The Hall–Kier alpha value is -2.96. The molecule has 0 aliphatic heterocycles. The van der Waals surface area contributed by atoms with Crippen LogP contribution in [0.3, 0.4) is 0 Å². The van der Waals surface area contributed by atoms with Gasteiger partial charge < -0.3 is 15.2 Å². The van der Waals surface area contributed by atoms with E-state index in [-0.39, 0.29) is 0 Å². The monoisotopic (exact) mass is 329 g/mol. The van der Waals surface area contributed by atoms with Gasteiger partial charge in [-0.3, -0.25) is 9.78 Å². The van der Waals surface area contributed by atoms with E-state index in [1.165, 1.54) is 24.7 Å². The van der Waals surface area contributed by atoms with Gasteiger partial charge in [-0.2, -0.15) is 0 Å². The molecule has 0 aliphatic rings. The number of unbranched alkanes of at least 4 members (excludes halogenated alkanes) is 1. The van der Waals surface area contributed by atoms with Crippen LogP contribution in [0.25, 0.3) is 0 Å². The van der Waals surface area contributed by atoms with Crippen LogP contribution in [0.15, 0.2) is 42.9 Å². The van der Waals surface area contributed by atoms with Crippen molar-refractivity contribution in [1.29, 1.82) is 0 Å². The van der Waals surface area contributed by atoms with Gasteiger partial charge >= 0.3 is 5.97 Å². The minimum Gasteiger partial charge on any atom is -0.480 e. The van der Waals surface area contributed by atoms with E-state index >= 15 is 0 Å². The minimum absolute atomic E-state index is 0.307. The lowest BCUT2D eigenvalue weighted by atomic mass is 10.1. The van der Waals surface area contributed by atoms with E-state index in [0.29, 0.717) is 23.6 Å². The number of amides is 1. The topological polar surface area (TPSA) is 101 Å². The van der Waals surface area contributed by atoms with Crippen LogP contribution in [0, 0.1) is 0 Å². The van der Waals surface area contributed by atoms with Crippen LogP contribution in [-0.4, -0.2) is 33.0 Å². The third kappa shape index (κ3) is 5.05. The van der Waals surface area contributed by atoms with Crippen molar-refractivity contribution in [2.75, 3.05) is 0 Å². The SMILES string of the molecule is CCCC[C@H](NC(=O)c1cccc(Oc2cnccn2)c1)C(=O)O. The number of rotatable bonds is 8. The van der Waals surface area contributed by atoms with E-state index in [1.54, 1.807) is 18.2 Å². The molecule has 1 heterocycles. The molecule has 0 unspecified atom stereocenters. The molecule has 1 aromatic heterocycles. The molecule has 2 rings (SSSR count). The number of hydrogen-bond donors (Lipinski definition) is 2. The third-order valence-electron chi connectivity index (χ3n) is 3.31. The first-order valence-corrected chi connectivity index (χ1v) is 7.67. The smallest absolute Gasteiger partial charge is 0.326 e. The van der Waals surface area contributed by atoms with Gasteiger partial charge in [0.2, 0.25) is 5.88 Å². The molecule has 2 aromatic rings. The van der Waals surface area contributed by atoms with Crippen LogP contribution in [-0.2, 0) is 4.79 Å². The Labute approximate surface area is 139 Å². The highest BCUT2D eigenvalue weighted by Crippen LogP contribution is 2.19. The Bertz CT molecular complexity index is 691. The fraction of sp³-hybridized carbons (Fsp3) is 0.294. The number of hydrogen-bond acceptors (Lipinski definition) is 5. The molecule has 0 fully saturated rings. The molecule has 2 N–H and O–H groups in total. The number of carbonyl (C=O) groups excluding carboxylic acids is 1. The molecule has 1 atom stereocenters. The van der Waals surface area contributed by atoms with Gasteiger partial charge in [0.1, 0.15) is 11.8 Å². The van der Waals surface area contributed by atoms with Gasteiger partial charge in [-0.1, -0.05) is 25.8 Å². The molecule has 0 bridgehead atoms. The molecule has 1 aromatic carbocycles. The first-order valence-electron chi connectivity index (χ1n) is 7.67. The van der Waals surface area contributed by atoms with Crippen LogP contribution >= 0.6 is 0 Å². The third-order valence-corrected chi connectivity index (χ3v) is 3.31. The van der Waals surface area contributed by atoms with E-state index in [0.717, 1.165) is 12.8 Å². The number of benzene rings is 1. The van der Waals surface area contributed by atoms with Gasteiger partial charge in [-0.25, -0.2) is 9.78 Å². The molecule has 0 saturated heterocycles. The molecule has 7 heteroatoms. The summed E-state index contributed by atoms with van der Waals surface area (Å²) < 4.78 is 5.52. The van der Waals surface area contributed by atoms with Crippen molar-refractivity contribution in [3.63, 3.8) is 0 Å². The maximum atomic E-state index is 12.3. The number of nitrogens with one attached hydrogen (secondary N) is 1. The van der Waals surface area contributed by atoms with Gasteiger partial charge in [0.15, 0.2) is 0 Å². The Morgan fingerprint density at radius 1 is 1.33 bits per heavy atom. The molecule has 7 nitrogen and oxygen atoms in total. The number of aliphatic carboxylic acids is 1. The van der Waals surface area contributed by atoms with Crippen molar-refractivity contribution in [2.45, 2.75) is 32.2 Å². The number of ether oxygens (including phenoxy) is 1. The number of nitrogens with zero attached hydrogens (tertiary/aromatic N) is 2. The highest BCUT2D eigenvalue weighted by molar-refractivity contribution is 5.96. The van der Waals surface area contributed by atoms with Crippen molar-refractivity contribution in [1.82, 2.24) is 15.3 Å². The second-order valence-electron chi connectivity index (χ2n) is 5.18. The highest BCUT2D eigenvalue weighted by Gasteiger charge is 2.20. The molecule has 126 valence electrons. The molecule has 24 heavy (non-hydrogen) atoms. The summed E-state index contributed by atoms with van der Waals surface area (Å²) in [6.45, 7) is 1.97. The number of aromatic nitrogens is 2. The fourth-order valence-corrected chi connectivity index (χ4v) is 2.07. The maximum Gasteiger partial charge on any atom is 0.326 e. The predicted molar refractivity (Wildman–Crippen MR) is 87.0 cm³/mol. The van der Waals surface area contributed by atoms with Gasteiger partial charge in [0, 0.05) is 18.0 Å². The second kappa shape index (κ2) is 8.61. The van der Waals surface area contributed by atoms with E-state index in [4.69, 9.17) is 4.74 Å². The quantitative estimate of drug-likeness (QED) is 0.772. The van der Waals surface area contributed by atoms with E-state index < -0.39 is 17.9 Å². The Morgan fingerprint density at radius 3 is 2.83 bits per heavy atom. The Morgan fingerprint density at radius 2 is 2.17 bits per heavy atom. The van der Waals surface area contributed by atoms with Crippen LogP contribution < -0.4 is 10.1 Å². The number of carbonyl (C=O) groups is 2. The van der Waals surface area contributed by atoms with Crippen molar-refractivity contribution in [2.24, 2.45) is 0 Å². The zero-order chi connectivity index (χ0) is 17.4. The summed E-state index contributed by atoms with van der Waals surface area (Å²) in [4.78, 5) is 31.4. The van der Waals surface area contributed by atoms with Crippen molar-refractivity contribution < 1.29 is 19.4 Å². The first kappa shape index (κ1) is 17.4. The molecule has 0 spiro atoms. The first-order chi connectivity index (χ1) is 11.6. The van der Waals surface area contributed by atoms with Gasteiger partial charge in [0.05, 0.1) is 6.20 Å². The van der Waals surface area contributed by atoms with E-state index in [2.05, 4.69) is 15.3 Å². The van der Waals surface area contributed by atoms with Crippen LogP contribution in [0.5, 0.6) is 11.6 Å². The summed E-state index contributed by atoms with van der Waals surface area (Å²) in [5.74, 6) is -0.767. The molecule has 0 radical (unpaired) electrons. The summed E-state index contributed by atoms with van der Waals surface area (Å²) in [6, 6.07) is 5.56. The fourth-order valence-electron chi connectivity index (χ4n) is 2.07. The van der Waals surface area contributed by atoms with Crippen LogP contribution in [0.1, 0.15) is 36.5 Å². The summed E-state index contributed by atoms with van der Waals surface area (Å²) in [5.41, 5.74) is 0.319. The van der Waals surface area contributed by atoms with Crippen LogP contribution in [0.2, 0.25) is 0 Å².